The fourth-order valence-electron chi connectivity index (χ4n) is 12.6. The fourth-order valence-corrected chi connectivity index (χ4v) is 12.6. The van der Waals surface area contributed by atoms with Gasteiger partial charge in [-0.3, -0.25) is 14.9 Å². The van der Waals surface area contributed by atoms with Gasteiger partial charge < -0.3 is 24.2 Å². The molecule has 11 heteroatoms. The molecule has 2 aliphatic heterocycles. The number of nitrogens with one attached hydrogen (secondary N) is 1. The van der Waals surface area contributed by atoms with E-state index in [9.17, 15) is 22.8 Å². The van der Waals surface area contributed by atoms with Crippen LogP contribution in [0.5, 0.6) is 0 Å². The standard InChI is InChI=1S/C37H53F3N2O6/c1-3-23-24-8-9-25-27-17-29-26(7-6-22(47-29)18-41-32(33(44)45)37(38,39)40)34(27,2)12-13-36(25)20-35(24,36)11-10-28(23)48-31-19-42(14-15-46-31)30(43)16-21-4-5-21/h3,21-22,24-29,31-32,41H,4-20H2,1-2H3,(H,44,45)/b23-3-. The lowest BCUT2D eigenvalue weighted by Crippen LogP contribution is -2.52. The Bertz CT molecular complexity index is 1320. The summed E-state index contributed by atoms with van der Waals surface area (Å²) in [7, 11) is 0. The van der Waals surface area contributed by atoms with Crippen molar-refractivity contribution in [3.63, 3.8) is 0 Å². The highest BCUT2D eigenvalue weighted by Gasteiger charge is 2.79. The van der Waals surface area contributed by atoms with Crippen LogP contribution in [0.25, 0.3) is 0 Å². The first-order valence-corrected chi connectivity index (χ1v) is 18.8. The Balaban J connectivity index is 0.916. The lowest BCUT2D eigenvalue weighted by molar-refractivity contribution is -0.205. The minimum Gasteiger partial charge on any atom is -0.480 e. The van der Waals surface area contributed by atoms with Gasteiger partial charge in [-0.05, 0) is 135 Å². The van der Waals surface area contributed by atoms with Crippen LogP contribution in [-0.4, -0.2) is 84.9 Å². The van der Waals surface area contributed by atoms with Crippen molar-refractivity contribution in [2.24, 2.45) is 45.8 Å². The highest BCUT2D eigenvalue weighted by atomic mass is 19.4. The van der Waals surface area contributed by atoms with Gasteiger partial charge in [0.25, 0.3) is 0 Å². The van der Waals surface area contributed by atoms with E-state index in [1.54, 1.807) is 0 Å². The SMILES string of the molecule is C/C=C1\C(OC2CN(C(=O)CC3CC3)CCO2)CCC23CC24CCC2(C)C5CCC(CNC(C(=O)O)C(F)(F)F)OC5CC2C4CCC13. The van der Waals surface area contributed by atoms with Crippen LogP contribution in [0.1, 0.15) is 97.3 Å². The second-order valence-electron chi connectivity index (χ2n) is 17.0. The van der Waals surface area contributed by atoms with Gasteiger partial charge in [-0.15, -0.1) is 0 Å². The van der Waals surface area contributed by atoms with E-state index in [4.69, 9.17) is 19.3 Å². The molecule has 2 spiro atoms. The first-order valence-electron chi connectivity index (χ1n) is 18.8. The van der Waals surface area contributed by atoms with Crippen LogP contribution in [0.3, 0.4) is 0 Å². The Morgan fingerprint density at radius 1 is 1.06 bits per heavy atom. The zero-order chi connectivity index (χ0) is 33.6. The number of morpholine rings is 1. The zero-order valence-electron chi connectivity index (χ0n) is 28.4. The van der Waals surface area contributed by atoms with E-state index in [0.717, 1.165) is 32.1 Å². The van der Waals surface area contributed by atoms with Gasteiger partial charge in [0.15, 0.2) is 6.29 Å². The molecule has 12 atom stereocenters. The van der Waals surface area contributed by atoms with E-state index in [-0.39, 0.29) is 36.4 Å². The van der Waals surface area contributed by atoms with Crippen molar-refractivity contribution in [3.05, 3.63) is 11.6 Å². The van der Waals surface area contributed by atoms with E-state index in [1.807, 2.05) is 4.90 Å². The molecule has 8 fully saturated rings. The highest BCUT2D eigenvalue weighted by molar-refractivity contribution is 5.77. The van der Waals surface area contributed by atoms with Gasteiger partial charge in [0.1, 0.15) is 0 Å². The second kappa shape index (κ2) is 11.9. The molecule has 8 aliphatic rings. The van der Waals surface area contributed by atoms with E-state index in [2.05, 4.69) is 25.2 Å². The van der Waals surface area contributed by atoms with Crippen LogP contribution < -0.4 is 5.32 Å². The lowest BCUT2D eigenvalue weighted by Gasteiger charge is -2.56. The predicted octanol–water partition coefficient (Wildman–Crippen LogP) is 6.09. The molecule has 48 heavy (non-hydrogen) atoms. The summed E-state index contributed by atoms with van der Waals surface area (Å²) in [5.41, 5.74) is 2.29. The van der Waals surface area contributed by atoms with Gasteiger partial charge in [0.2, 0.25) is 11.9 Å². The molecule has 0 bridgehead atoms. The first-order chi connectivity index (χ1) is 22.9. The van der Waals surface area contributed by atoms with Crippen molar-refractivity contribution in [2.45, 2.75) is 134 Å². The molecule has 2 saturated heterocycles. The van der Waals surface area contributed by atoms with E-state index < -0.39 is 24.3 Å². The topological polar surface area (TPSA) is 97.3 Å². The number of carboxylic acids is 1. The number of hydrogen-bond donors (Lipinski definition) is 2. The number of amides is 1. The molecule has 6 saturated carbocycles. The van der Waals surface area contributed by atoms with Gasteiger partial charge in [-0.2, -0.15) is 13.2 Å². The molecule has 0 aromatic heterocycles. The average molecular weight is 679 g/mol. The Morgan fingerprint density at radius 2 is 1.85 bits per heavy atom. The minimum atomic E-state index is -4.84. The summed E-state index contributed by atoms with van der Waals surface area (Å²) in [4.78, 5) is 26.0. The van der Waals surface area contributed by atoms with Gasteiger partial charge in [0, 0.05) is 19.5 Å². The van der Waals surface area contributed by atoms with Crippen molar-refractivity contribution in [3.8, 4) is 0 Å². The second-order valence-corrected chi connectivity index (χ2v) is 17.0. The number of halogens is 3. The number of nitrogens with zero attached hydrogens (tertiary/aromatic N) is 1. The largest absolute Gasteiger partial charge is 0.480 e. The van der Waals surface area contributed by atoms with Crippen LogP contribution >= 0.6 is 0 Å². The number of aliphatic carboxylic acids is 1. The number of carbonyl (C=O) groups excluding carboxylic acids is 1. The quantitative estimate of drug-likeness (QED) is 0.300. The van der Waals surface area contributed by atoms with Crippen LogP contribution in [0.2, 0.25) is 0 Å². The maximum atomic E-state index is 13.2. The van der Waals surface area contributed by atoms with Crippen LogP contribution in [-0.2, 0) is 23.8 Å². The third-order valence-electron chi connectivity index (χ3n) is 15.0. The normalized spacial score (nSPS) is 46.5. The molecular weight excluding hydrogens is 625 g/mol. The summed E-state index contributed by atoms with van der Waals surface area (Å²) in [6.45, 7) is 6.22. The van der Waals surface area contributed by atoms with Crippen molar-refractivity contribution in [1.82, 2.24) is 10.2 Å². The minimum absolute atomic E-state index is 0.0266. The molecule has 8 nitrogen and oxygen atoms in total. The maximum absolute atomic E-state index is 13.2. The third-order valence-corrected chi connectivity index (χ3v) is 15.0. The van der Waals surface area contributed by atoms with E-state index in [1.165, 1.54) is 44.1 Å². The highest BCUT2D eigenvalue weighted by Crippen LogP contribution is 2.86. The average Bonchev–Trinajstić information content (AvgIpc) is 3.95. The number of carboxylic acid groups (broad SMARTS) is 1. The summed E-state index contributed by atoms with van der Waals surface area (Å²) >= 11 is 0. The monoisotopic (exact) mass is 678 g/mol. The summed E-state index contributed by atoms with van der Waals surface area (Å²) in [6, 6.07) is -2.57. The van der Waals surface area contributed by atoms with Gasteiger partial charge in [0.05, 0.1) is 31.5 Å². The number of ether oxygens (including phenoxy) is 3. The number of alkyl halides is 3. The van der Waals surface area contributed by atoms with Crippen molar-refractivity contribution < 1.29 is 42.1 Å². The summed E-state index contributed by atoms with van der Waals surface area (Å²) < 4.78 is 59.0. The van der Waals surface area contributed by atoms with Crippen LogP contribution in [0, 0.1) is 45.8 Å². The maximum Gasteiger partial charge on any atom is 0.414 e. The molecular formula is C37H53F3N2O6. The van der Waals surface area contributed by atoms with Crippen LogP contribution in [0.4, 0.5) is 13.2 Å². The van der Waals surface area contributed by atoms with Gasteiger partial charge >= 0.3 is 12.1 Å². The number of rotatable bonds is 8. The number of allylic oxidation sites excluding steroid dienone is 1. The molecule has 0 aromatic carbocycles. The molecule has 1 amide bonds. The lowest BCUT2D eigenvalue weighted by atomic mass is 9.49. The summed E-state index contributed by atoms with van der Waals surface area (Å²) in [5.74, 6) is 1.02. The zero-order valence-corrected chi connectivity index (χ0v) is 28.4. The van der Waals surface area contributed by atoms with Crippen molar-refractivity contribution in [1.29, 1.82) is 0 Å². The van der Waals surface area contributed by atoms with Gasteiger partial charge in [-0.1, -0.05) is 13.0 Å². The van der Waals surface area contributed by atoms with E-state index in [0.29, 0.717) is 73.0 Å². The number of hydrogen-bond acceptors (Lipinski definition) is 6. The first kappa shape index (κ1) is 33.5. The van der Waals surface area contributed by atoms with E-state index >= 15 is 0 Å². The fraction of sp³-hybridized carbons (Fsp3) is 0.892. The number of carbonyl (C=O) groups is 2. The molecule has 2 N–H and O–H groups in total. The Kier molecular flexibility index (Phi) is 8.32. The van der Waals surface area contributed by atoms with Gasteiger partial charge in [-0.25, -0.2) is 0 Å². The third kappa shape index (κ3) is 5.38. The summed E-state index contributed by atoms with van der Waals surface area (Å²) in [5, 5.41) is 11.3. The molecule has 6 aliphatic carbocycles. The molecule has 268 valence electrons. The Hall–Kier alpha value is -1.69. The molecule has 12 unspecified atom stereocenters. The smallest absolute Gasteiger partial charge is 0.414 e. The van der Waals surface area contributed by atoms with Crippen LogP contribution in [0.15, 0.2) is 11.6 Å². The molecule has 2 heterocycles. The molecule has 8 rings (SSSR count). The molecule has 0 radical (unpaired) electrons. The van der Waals surface area contributed by atoms with Crippen molar-refractivity contribution >= 4 is 11.9 Å². The summed E-state index contributed by atoms with van der Waals surface area (Å²) in [6.07, 6.45) is 10.5. The Labute approximate surface area is 281 Å². The Morgan fingerprint density at radius 3 is 2.58 bits per heavy atom. The van der Waals surface area contributed by atoms with Crippen molar-refractivity contribution in [2.75, 3.05) is 26.2 Å². The number of fused-ring (bicyclic) bond motifs is 4. The molecule has 0 aromatic rings. The predicted molar refractivity (Wildman–Crippen MR) is 170 cm³/mol.